The van der Waals surface area contributed by atoms with Gasteiger partial charge in [-0.25, -0.2) is 0 Å². The van der Waals surface area contributed by atoms with Crippen LogP contribution in [0.2, 0.25) is 0 Å². The van der Waals surface area contributed by atoms with Crippen LogP contribution in [0.5, 0.6) is 0 Å². The van der Waals surface area contributed by atoms with Gasteiger partial charge in [0.25, 0.3) is 0 Å². The van der Waals surface area contributed by atoms with E-state index in [0.29, 0.717) is 0 Å². The molecular formula is C22H44N2. The normalized spacial score (nSPS) is 28.2. The molecule has 1 aliphatic heterocycles. The molecule has 1 saturated heterocycles. The van der Waals surface area contributed by atoms with Gasteiger partial charge in [-0.2, -0.15) is 0 Å². The molecular weight excluding hydrogens is 292 g/mol. The summed E-state index contributed by atoms with van der Waals surface area (Å²) in [6.45, 7) is 9.54. The number of nitrogens with zero attached hydrogens (tertiary/aromatic N) is 1. The topological polar surface area (TPSA) is 15.3 Å². The summed E-state index contributed by atoms with van der Waals surface area (Å²) in [4.78, 5) is 2.79. The summed E-state index contributed by atoms with van der Waals surface area (Å²) in [6, 6.07) is 1.54. The summed E-state index contributed by atoms with van der Waals surface area (Å²) >= 11 is 0. The first kappa shape index (κ1) is 20.2. The molecule has 0 aromatic carbocycles. The van der Waals surface area contributed by atoms with Crippen LogP contribution in [0.4, 0.5) is 0 Å². The van der Waals surface area contributed by atoms with Gasteiger partial charge in [-0.05, 0) is 60.4 Å². The van der Waals surface area contributed by atoms with Crippen LogP contribution in [0, 0.1) is 0 Å². The Morgan fingerprint density at radius 3 is 1.42 bits per heavy atom. The van der Waals surface area contributed by atoms with Crippen molar-refractivity contribution in [3.63, 3.8) is 0 Å². The van der Waals surface area contributed by atoms with Gasteiger partial charge in [0, 0.05) is 23.2 Å². The summed E-state index contributed by atoms with van der Waals surface area (Å²) in [5, 5.41) is 3.85. The summed E-state index contributed by atoms with van der Waals surface area (Å²) in [5.41, 5.74) is 0.512. The van der Waals surface area contributed by atoms with E-state index in [1.165, 1.54) is 83.5 Å². The average Bonchev–Trinajstić information content (AvgIpc) is 2.44. The maximum absolute atomic E-state index is 3.85. The zero-order valence-corrected chi connectivity index (χ0v) is 17.3. The van der Waals surface area contributed by atoms with E-state index in [1.807, 2.05) is 0 Å². The molecule has 2 heteroatoms. The van der Waals surface area contributed by atoms with Gasteiger partial charge in [-0.1, -0.05) is 57.8 Å². The monoisotopic (exact) mass is 336 g/mol. The van der Waals surface area contributed by atoms with E-state index in [-0.39, 0.29) is 11.1 Å². The molecule has 1 heterocycles. The minimum absolute atomic E-state index is 0.256. The SMILES string of the molecule is CN(C1CCCCCCCCCCC1)C1CC(C)(C)NC(C)(C)C1. The van der Waals surface area contributed by atoms with Crippen molar-refractivity contribution in [2.75, 3.05) is 7.05 Å². The van der Waals surface area contributed by atoms with Crippen molar-refractivity contribution in [2.24, 2.45) is 0 Å². The second-order valence-electron chi connectivity index (χ2n) is 10.0. The molecule has 1 N–H and O–H groups in total. The Balaban J connectivity index is 1.96. The Morgan fingerprint density at radius 1 is 0.625 bits per heavy atom. The van der Waals surface area contributed by atoms with Crippen LogP contribution >= 0.6 is 0 Å². The molecule has 2 aliphatic rings. The van der Waals surface area contributed by atoms with Crippen LogP contribution in [0.25, 0.3) is 0 Å². The van der Waals surface area contributed by atoms with Crippen LogP contribution in [0.1, 0.15) is 111 Å². The molecule has 1 saturated carbocycles. The lowest BCUT2D eigenvalue weighted by Gasteiger charge is -2.50. The quantitative estimate of drug-likeness (QED) is 0.675. The Bertz CT molecular complexity index is 333. The third-order valence-corrected chi connectivity index (χ3v) is 6.40. The first-order valence-corrected chi connectivity index (χ1v) is 10.8. The summed E-state index contributed by atoms with van der Waals surface area (Å²) in [5.74, 6) is 0. The zero-order valence-electron chi connectivity index (χ0n) is 17.3. The maximum atomic E-state index is 3.85. The molecule has 0 unspecified atom stereocenters. The van der Waals surface area contributed by atoms with Gasteiger partial charge in [0.05, 0.1) is 0 Å². The van der Waals surface area contributed by atoms with Crippen LogP contribution in [0.3, 0.4) is 0 Å². The molecule has 1 aliphatic carbocycles. The zero-order chi connectivity index (χ0) is 17.6. The Hall–Kier alpha value is -0.0800. The van der Waals surface area contributed by atoms with E-state index in [9.17, 15) is 0 Å². The van der Waals surface area contributed by atoms with Crippen LogP contribution < -0.4 is 5.32 Å². The minimum Gasteiger partial charge on any atom is -0.307 e. The molecule has 142 valence electrons. The highest BCUT2D eigenvalue weighted by atomic mass is 15.2. The third kappa shape index (κ3) is 6.67. The smallest absolute Gasteiger partial charge is 0.0145 e. The van der Waals surface area contributed by atoms with E-state index in [4.69, 9.17) is 0 Å². The van der Waals surface area contributed by atoms with Gasteiger partial charge in [-0.3, -0.25) is 0 Å². The Kier molecular flexibility index (Phi) is 7.61. The van der Waals surface area contributed by atoms with Gasteiger partial charge in [-0.15, -0.1) is 0 Å². The molecule has 24 heavy (non-hydrogen) atoms. The van der Waals surface area contributed by atoms with Crippen molar-refractivity contribution in [3.8, 4) is 0 Å². The first-order chi connectivity index (χ1) is 11.3. The maximum Gasteiger partial charge on any atom is 0.0145 e. The number of rotatable bonds is 2. The molecule has 0 aromatic heterocycles. The molecule has 0 aromatic rings. The Labute approximate surface area is 152 Å². The lowest BCUT2D eigenvalue weighted by molar-refractivity contribution is 0.0502. The van der Waals surface area contributed by atoms with E-state index >= 15 is 0 Å². The lowest BCUT2D eigenvalue weighted by atomic mass is 9.78. The highest BCUT2D eigenvalue weighted by molar-refractivity contribution is 5.00. The second-order valence-corrected chi connectivity index (χ2v) is 10.0. The van der Waals surface area contributed by atoms with Crippen LogP contribution in [-0.4, -0.2) is 35.1 Å². The standard InChI is InChI=1S/C22H44N2/c1-21(2)17-20(18-22(3,4)23-21)24(5)19-15-13-11-9-7-6-8-10-12-14-16-19/h19-20,23H,6-18H2,1-5H3. The average molecular weight is 337 g/mol. The van der Waals surface area contributed by atoms with Crippen molar-refractivity contribution in [1.29, 1.82) is 0 Å². The van der Waals surface area contributed by atoms with E-state index < -0.39 is 0 Å². The van der Waals surface area contributed by atoms with Crippen molar-refractivity contribution in [3.05, 3.63) is 0 Å². The second kappa shape index (κ2) is 9.03. The van der Waals surface area contributed by atoms with Gasteiger partial charge in [0.1, 0.15) is 0 Å². The Morgan fingerprint density at radius 2 is 1.00 bits per heavy atom. The number of nitrogens with one attached hydrogen (secondary N) is 1. The van der Waals surface area contributed by atoms with Crippen LogP contribution in [-0.2, 0) is 0 Å². The van der Waals surface area contributed by atoms with Gasteiger partial charge in [0.2, 0.25) is 0 Å². The van der Waals surface area contributed by atoms with Crippen LogP contribution in [0.15, 0.2) is 0 Å². The lowest BCUT2D eigenvalue weighted by Crippen LogP contribution is -2.62. The van der Waals surface area contributed by atoms with Crippen molar-refractivity contribution >= 4 is 0 Å². The van der Waals surface area contributed by atoms with Crippen molar-refractivity contribution in [2.45, 2.75) is 134 Å². The summed E-state index contributed by atoms with van der Waals surface area (Å²) in [7, 11) is 2.43. The minimum atomic E-state index is 0.256. The molecule has 0 bridgehead atoms. The molecule has 0 radical (unpaired) electrons. The van der Waals surface area contributed by atoms with E-state index in [2.05, 4.69) is 45.0 Å². The molecule has 2 rings (SSSR count). The fourth-order valence-electron chi connectivity index (χ4n) is 5.40. The number of hydrogen-bond donors (Lipinski definition) is 1. The largest absolute Gasteiger partial charge is 0.307 e. The summed E-state index contributed by atoms with van der Waals surface area (Å²) in [6.07, 6.45) is 18.5. The number of piperidine rings is 1. The fourth-order valence-corrected chi connectivity index (χ4v) is 5.40. The van der Waals surface area contributed by atoms with Gasteiger partial charge < -0.3 is 10.2 Å². The fraction of sp³-hybridized carbons (Fsp3) is 1.00. The third-order valence-electron chi connectivity index (χ3n) is 6.40. The van der Waals surface area contributed by atoms with Gasteiger partial charge in [0.15, 0.2) is 0 Å². The predicted octanol–water partition coefficient (Wildman–Crippen LogP) is 5.90. The van der Waals surface area contributed by atoms with E-state index in [0.717, 1.165) is 12.1 Å². The van der Waals surface area contributed by atoms with Crippen molar-refractivity contribution in [1.82, 2.24) is 10.2 Å². The highest BCUT2D eigenvalue weighted by Crippen LogP contribution is 2.33. The predicted molar refractivity (Wildman–Crippen MR) is 107 cm³/mol. The number of hydrogen-bond acceptors (Lipinski definition) is 2. The molecule has 2 nitrogen and oxygen atoms in total. The first-order valence-electron chi connectivity index (χ1n) is 10.8. The molecule has 2 fully saturated rings. The van der Waals surface area contributed by atoms with Gasteiger partial charge >= 0.3 is 0 Å². The highest BCUT2D eigenvalue weighted by Gasteiger charge is 2.40. The van der Waals surface area contributed by atoms with Crippen molar-refractivity contribution < 1.29 is 0 Å². The molecule has 0 atom stereocenters. The van der Waals surface area contributed by atoms with E-state index in [1.54, 1.807) is 0 Å². The molecule has 0 amide bonds. The summed E-state index contributed by atoms with van der Waals surface area (Å²) < 4.78 is 0. The molecule has 0 spiro atoms.